The topological polar surface area (TPSA) is 77.6 Å². The van der Waals surface area contributed by atoms with Crippen LogP contribution in [0.1, 0.15) is 35.4 Å². The second-order valence-electron chi connectivity index (χ2n) is 7.43. The van der Waals surface area contributed by atoms with Crippen molar-refractivity contribution >= 4 is 11.6 Å². The molecule has 0 unspecified atom stereocenters. The summed E-state index contributed by atoms with van der Waals surface area (Å²) in [4.78, 5) is 12.6. The van der Waals surface area contributed by atoms with E-state index in [1.54, 1.807) is 23.0 Å². The molecule has 0 radical (unpaired) electrons. The van der Waals surface area contributed by atoms with Crippen LogP contribution in [-0.2, 0) is 13.0 Å². The Morgan fingerprint density at radius 3 is 2.53 bits per heavy atom. The number of amides is 1. The van der Waals surface area contributed by atoms with Gasteiger partial charge in [0.1, 0.15) is 5.82 Å². The standard InChI is InChI=1S/C23H22N6O/c30-23(18-8-12-20(13-9-18)29-16-4-14-24-29)25-19-10-6-17(7-11-19)22-27-26-21-5-2-1-3-15-28(21)22/h4,6-14,16H,1-3,5,15H2,(H,25,30). The van der Waals surface area contributed by atoms with E-state index in [1.807, 2.05) is 48.7 Å². The number of rotatable bonds is 4. The van der Waals surface area contributed by atoms with Gasteiger partial charge in [0.25, 0.3) is 5.91 Å². The highest BCUT2D eigenvalue weighted by atomic mass is 16.1. The molecule has 1 N–H and O–H groups in total. The van der Waals surface area contributed by atoms with Gasteiger partial charge in [0.05, 0.1) is 5.69 Å². The maximum absolute atomic E-state index is 12.6. The number of carbonyl (C=O) groups is 1. The number of carbonyl (C=O) groups excluding carboxylic acids is 1. The zero-order valence-electron chi connectivity index (χ0n) is 16.5. The summed E-state index contributed by atoms with van der Waals surface area (Å²) in [5.41, 5.74) is 3.26. The van der Waals surface area contributed by atoms with Gasteiger partial charge in [-0.1, -0.05) is 6.42 Å². The zero-order chi connectivity index (χ0) is 20.3. The third-order valence-corrected chi connectivity index (χ3v) is 5.41. The lowest BCUT2D eigenvalue weighted by atomic mass is 10.1. The van der Waals surface area contributed by atoms with Crippen LogP contribution in [0, 0.1) is 0 Å². The molecule has 1 aliphatic rings. The van der Waals surface area contributed by atoms with E-state index in [1.165, 1.54) is 12.8 Å². The van der Waals surface area contributed by atoms with Gasteiger partial charge in [-0.2, -0.15) is 5.10 Å². The second kappa shape index (κ2) is 7.94. The average molecular weight is 398 g/mol. The lowest BCUT2D eigenvalue weighted by molar-refractivity contribution is 0.102. The summed E-state index contributed by atoms with van der Waals surface area (Å²) in [5.74, 6) is 1.82. The minimum absolute atomic E-state index is 0.147. The van der Waals surface area contributed by atoms with Gasteiger partial charge < -0.3 is 9.88 Å². The number of nitrogens with one attached hydrogen (secondary N) is 1. The number of aryl methyl sites for hydroxylation is 1. The van der Waals surface area contributed by atoms with Crippen LogP contribution in [-0.4, -0.2) is 30.5 Å². The van der Waals surface area contributed by atoms with Crippen molar-refractivity contribution in [2.45, 2.75) is 32.2 Å². The van der Waals surface area contributed by atoms with Gasteiger partial charge in [0.15, 0.2) is 5.82 Å². The first-order valence-electron chi connectivity index (χ1n) is 10.2. The van der Waals surface area contributed by atoms with E-state index >= 15 is 0 Å². The fraction of sp³-hybridized carbons (Fsp3) is 0.217. The van der Waals surface area contributed by atoms with Crippen molar-refractivity contribution in [1.82, 2.24) is 24.5 Å². The van der Waals surface area contributed by atoms with Gasteiger partial charge in [-0.05, 0) is 67.4 Å². The Morgan fingerprint density at radius 1 is 0.933 bits per heavy atom. The third-order valence-electron chi connectivity index (χ3n) is 5.41. The number of aromatic nitrogens is 5. The van der Waals surface area contributed by atoms with Crippen molar-refractivity contribution in [3.8, 4) is 17.1 Å². The molecule has 0 atom stereocenters. The van der Waals surface area contributed by atoms with Crippen molar-refractivity contribution in [3.05, 3.63) is 78.4 Å². The van der Waals surface area contributed by atoms with Crippen molar-refractivity contribution in [2.75, 3.05) is 5.32 Å². The lowest BCUT2D eigenvalue weighted by Gasteiger charge is -2.09. The summed E-state index contributed by atoms with van der Waals surface area (Å²) in [5, 5.41) is 15.9. The minimum Gasteiger partial charge on any atom is -0.322 e. The van der Waals surface area contributed by atoms with E-state index in [0.717, 1.165) is 48.0 Å². The Labute approximate surface area is 174 Å². The van der Waals surface area contributed by atoms with Gasteiger partial charge in [0, 0.05) is 42.2 Å². The first-order valence-corrected chi connectivity index (χ1v) is 10.2. The van der Waals surface area contributed by atoms with E-state index in [-0.39, 0.29) is 5.91 Å². The number of anilines is 1. The number of hydrogen-bond donors (Lipinski definition) is 1. The Kier molecular flexibility index (Phi) is 4.85. The van der Waals surface area contributed by atoms with Gasteiger partial charge in [0.2, 0.25) is 0 Å². The molecule has 1 aliphatic heterocycles. The van der Waals surface area contributed by atoms with Crippen LogP contribution in [0.25, 0.3) is 17.1 Å². The number of nitrogens with zero attached hydrogens (tertiary/aromatic N) is 5. The highest BCUT2D eigenvalue weighted by molar-refractivity contribution is 6.04. The third kappa shape index (κ3) is 3.61. The second-order valence-corrected chi connectivity index (χ2v) is 7.43. The number of benzene rings is 2. The van der Waals surface area contributed by atoms with Gasteiger partial charge in [-0.3, -0.25) is 4.79 Å². The van der Waals surface area contributed by atoms with Crippen molar-refractivity contribution < 1.29 is 4.79 Å². The number of fused-ring (bicyclic) bond motifs is 1. The average Bonchev–Trinajstić information content (AvgIpc) is 3.40. The molecule has 5 rings (SSSR count). The fourth-order valence-corrected chi connectivity index (χ4v) is 3.79. The lowest BCUT2D eigenvalue weighted by Crippen LogP contribution is -2.12. The van der Waals surface area contributed by atoms with E-state index in [0.29, 0.717) is 5.56 Å². The van der Waals surface area contributed by atoms with Crippen LogP contribution in [0.2, 0.25) is 0 Å². The highest BCUT2D eigenvalue weighted by Crippen LogP contribution is 2.24. The molecule has 2 aromatic carbocycles. The largest absolute Gasteiger partial charge is 0.322 e. The molecule has 4 aromatic rings. The van der Waals surface area contributed by atoms with E-state index in [2.05, 4.69) is 25.2 Å². The molecule has 0 saturated heterocycles. The summed E-state index contributed by atoms with van der Waals surface area (Å²) in [6, 6.07) is 17.0. The van der Waals surface area contributed by atoms with Crippen molar-refractivity contribution in [3.63, 3.8) is 0 Å². The molecule has 0 fully saturated rings. The Balaban J connectivity index is 1.29. The molecule has 1 amide bonds. The summed E-state index contributed by atoms with van der Waals surface area (Å²) >= 11 is 0. The molecule has 7 nitrogen and oxygen atoms in total. The molecule has 0 bridgehead atoms. The monoisotopic (exact) mass is 398 g/mol. The molecule has 0 saturated carbocycles. The van der Waals surface area contributed by atoms with Crippen LogP contribution in [0.4, 0.5) is 5.69 Å². The van der Waals surface area contributed by atoms with Crippen molar-refractivity contribution in [1.29, 1.82) is 0 Å². The maximum atomic E-state index is 12.6. The van der Waals surface area contributed by atoms with E-state index in [9.17, 15) is 4.79 Å². The Hall–Kier alpha value is -3.74. The van der Waals surface area contributed by atoms with Crippen LogP contribution in [0.15, 0.2) is 67.0 Å². The van der Waals surface area contributed by atoms with Gasteiger partial charge >= 0.3 is 0 Å². The predicted molar refractivity (Wildman–Crippen MR) is 115 cm³/mol. The van der Waals surface area contributed by atoms with Gasteiger partial charge in [-0.15, -0.1) is 10.2 Å². The fourth-order valence-electron chi connectivity index (χ4n) is 3.79. The molecule has 2 aromatic heterocycles. The van der Waals surface area contributed by atoms with Crippen LogP contribution < -0.4 is 5.32 Å². The van der Waals surface area contributed by atoms with E-state index in [4.69, 9.17) is 0 Å². The quantitative estimate of drug-likeness (QED) is 0.561. The minimum atomic E-state index is -0.147. The molecular formula is C23H22N6O. The number of hydrogen-bond acceptors (Lipinski definition) is 4. The molecule has 3 heterocycles. The van der Waals surface area contributed by atoms with Crippen LogP contribution >= 0.6 is 0 Å². The first-order chi connectivity index (χ1) is 14.8. The smallest absolute Gasteiger partial charge is 0.255 e. The normalized spacial score (nSPS) is 13.5. The maximum Gasteiger partial charge on any atom is 0.255 e. The summed E-state index contributed by atoms with van der Waals surface area (Å²) in [6.45, 7) is 0.963. The summed E-state index contributed by atoms with van der Waals surface area (Å²) in [7, 11) is 0. The first kappa shape index (κ1) is 18.3. The van der Waals surface area contributed by atoms with Crippen LogP contribution in [0.3, 0.4) is 0 Å². The Bertz CT molecular complexity index is 1140. The highest BCUT2D eigenvalue weighted by Gasteiger charge is 2.16. The predicted octanol–water partition coefficient (Wildman–Crippen LogP) is 4.11. The SMILES string of the molecule is O=C(Nc1ccc(-c2nnc3n2CCCCC3)cc1)c1ccc(-n2cccn2)cc1. The molecule has 0 aliphatic carbocycles. The van der Waals surface area contributed by atoms with Crippen LogP contribution in [0.5, 0.6) is 0 Å². The molecule has 30 heavy (non-hydrogen) atoms. The van der Waals surface area contributed by atoms with Crippen molar-refractivity contribution in [2.24, 2.45) is 0 Å². The molecule has 0 spiro atoms. The summed E-state index contributed by atoms with van der Waals surface area (Å²) in [6.07, 6.45) is 8.14. The molecule has 7 heteroatoms. The zero-order valence-corrected chi connectivity index (χ0v) is 16.5. The molecular weight excluding hydrogens is 376 g/mol. The van der Waals surface area contributed by atoms with Gasteiger partial charge in [-0.25, -0.2) is 4.68 Å². The van der Waals surface area contributed by atoms with E-state index < -0.39 is 0 Å². The molecule has 150 valence electrons. The summed E-state index contributed by atoms with van der Waals surface area (Å²) < 4.78 is 3.98. The Morgan fingerprint density at radius 2 is 1.77 bits per heavy atom.